The average molecular weight is 320 g/mol. The highest BCUT2D eigenvalue weighted by Gasteiger charge is 2.17. The predicted molar refractivity (Wildman–Crippen MR) is 96.0 cm³/mol. The Morgan fingerprint density at radius 3 is 2.32 bits per heavy atom. The van der Waals surface area contributed by atoms with Gasteiger partial charge in [-0.2, -0.15) is 0 Å². The summed E-state index contributed by atoms with van der Waals surface area (Å²) >= 11 is 0. The summed E-state index contributed by atoms with van der Waals surface area (Å²) in [6.45, 7) is 5.93. The molecule has 0 fully saturated rings. The van der Waals surface area contributed by atoms with Crippen molar-refractivity contribution in [3.63, 3.8) is 0 Å². The quantitative estimate of drug-likeness (QED) is 0.783. The van der Waals surface area contributed by atoms with E-state index in [-0.39, 0.29) is 18.5 Å². The Hall–Kier alpha value is -1.35. The Labute approximate surface area is 140 Å². The van der Waals surface area contributed by atoms with Crippen molar-refractivity contribution < 1.29 is 4.74 Å². The molecule has 2 rings (SSSR count). The van der Waals surface area contributed by atoms with Crippen molar-refractivity contribution in [2.45, 2.75) is 20.0 Å². The number of rotatable bonds is 6. The second kappa shape index (κ2) is 8.94. The molecule has 2 aromatic carbocycles. The molecule has 0 bridgehead atoms. The highest BCUT2D eigenvalue weighted by molar-refractivity contribution is 5.85. The molecule has 0 aromatic heterocycles. The third kappa shape index (κ3) is 5.13. The molecule has 0 saturated heterocycles. The molecular weight excluding hydrogens is 294 g/mol. The minimum absolute atomic E-state index is 0. The van der Waals surface area contributed by atoms with Crippen LogP contribution in [0.15, 0.2) is 48.5 Å². The molecule has 2 nitrogen and oxygen atoms in total. The van der Waals surface area contributed by atoms with E-state index in [9.17, 15) is 0 Å². The van der Waals surface area contributed by atoms with E-state index in [2.05, 4.69) is 75.3 Å². The number of ether oxygens (including phenoxy) is 1. The van der Waals surface area contributed by atoms with Gasteiger partial charge in [-0.15, -0.1) is 12.4 Å². The first-order valence-electron chi connectivity index (χ1n) is 7.46. The lowest BCUT2D eigenvalue weighted by atomic mass is 9.95. The summed E-state index contributed by atoms with van der Waals surface area (Å²) in [7, 11) is 4.14. The molecule has 22 heavy (non-hydrogen) atoms. The van der Waals surface area contributed by atoms with Gasteiger partial charge in [0.25, 0.3) is 0 Å². The molecule has 0 aliphatic carbocycles. The molecule has 0 aliphatic heterocycles. The molecule has 0 heterocycles. The fourth-order valence-corrected chi connectivity index (χ4v) is 2.39. The summed E-state index contributed by atoms with van der Waals surface area (Å²) in [5.74, 6) is 0. The normalized spacial score (nSPS) is 12.0. The van der Waals surface area contributed by atoms with E-state index in [0.29, 0.717) is 0 Å². The van der Waals surface area contributed by atoms with Crippen LogP contribution in [0.2, 0.25) is 0 Å². The van der Waals surface area contributed by atoms with Crippen LogP contribution < -0.4 is 0 Å². The van der Waals surface area contributed by atoms with Gasteiger partial charge in [-0.1, -0.05) is 54.1 Å². The van der Waals surface area contributed by atoms with Crippen LogP contribution >= 0.6 is 12.4 Å². The Morgan fingerprint density at radius 1 is 1.00 bits per heavy atom. The van der Waals surface area contributed by atoms with Crippen molar-refractivity contribution >= 4 is 12.4 Å². The predicted octanol–water partition coefficient (Wildman–Crippen LogP) is 4.39. The molecule has 0 spiro atoms. The first kappa shape index (κ1) is 18.7. The zero-order valence-electron chi connectivity index (χ0n) is 13.9. The molecule has 120 valence electrons. The third-order valence-corrected chi connectivity index (χ3v) is 3.64. The molecule has 0 aliphatic rings. The van der Waals surface area contributed by atoms with Crippen LogP contribution in [0.25, 0.3) is 0 Å². The van der Waals surface area contributed by atoms with Crippen LogP contribution in [0.3, 0.4) is 0 Å². The second-order valence-electron chi connectivity index (χ2n) is 5.82. The van der Waals surface area contributed by atoms with Gasteiger partial charge in [0, 0.05) is 6.54 Å². The van der Waals surface area contributed by atoms with Crippen LogP contribution in [-0.2, 0) is 4.74 Å². The molecule has 2 aromatic rings. The maximum atomic E-state index is 6.22. The first-order chi connectivity index (χ1) is 10.1. The van der Waals surface area contributed by atoms with Crippen molar-refractivity contribution in [2.75, 3.05) is 27.2 Å². The molecule has 0 saturated carbocycles. The van der Waals surface area contributed by atoms with E-state index in [1.807, 2.05) is 6.07 Å². The van der Waals surface area contributed by atoms with Crippen molar-refractivity contribution in [3.8, 4) is 0 Å². The maximum absolute atomic E-state index is 6.22. The van der Waals surface area contributed by atoms with Gasteiger partial charge >= 0.3 is 0 Å². The number of nitrogens with zero attached hydrogens (tertiary/aromatic N) is 1. The van der Waals surface area contributed by atoms with Gasteiger partial charge in [-0.05, 0) is 44.6 Å². The summed E-state index contributed by atoms with van der Waals surface area (Å²) < 4.78 is 6.22. The summed E-state index contributed by atoms with van der Waals surface area (Å²) in [4.78, 5) is 2.14. The van der Waals surface area contributed by atoms with E-state index in [1.165, 1.54) is 22.3 Å². The van der Waals surface area contributed by atoms with E-state index in [1.54, 1.807) is 0 Å². The van der Waals surface area contributed by atoms with Gasteiger partial charge < -0.3 is 9.64 Å². The molecule has 3 heteroatoms. The lowest BCUT2D eigenvalue weighted by molar-refractivity contribution is 0.0683. The zero-order valence-corrected chi connectivity index (χ0v) is 14.7. The molecule has 0 amide bonds. The topological polar surface area (TPSA) is 12.5 Å². The monoisotopic (exact) mass is 319 g/mol. The van der Waals surface area contributed by atoms with E-state index < -0.39 is 0 Å². The Bertz CT molecular complexity index is 569. The van der Waals surface area contributed by atoms with Gasteiger partial charge in [-0.3, -0.25) is 0 Å². The Balaban J connectivity index is 0.00000242. The van der Waals surface area contributed by atoms with Crippen molar-refractivity contribution in [1.82, 2.24) is 4.90 Å². The average Bonchev–Trinajstić information content (AvgIpc) is 2.47. The fourth-order valence-electron chi connectivity index (χ4n) is 2.39. The van der Waals surface area contributed by atoms with E-state index in [4.69, 9.17) is 4.74 Å². The van der Waals surface area contributed by atoms with Crippen LogP contribution in [0.4, 0.5) is 0 Å². The van der Waals surface area contributed by atoms with E-state index >= 15 is 0 Å². The number of likely N-dealkylation sites (N-methyl/N-ethyl adjacent to an activating group) is 1. The number of hydrogen-bond acceptors (Lipinski definition) is 2. The van der Waals surface area contributed by atoms with Crippen LogP contribution in [0.1, 0.15) is 28.4 Å². The SMILES string of the molecule is Cc1ccc(C)c(C(OCCN(C)C)c2ccccc2)c1.Cl. The van der Waals surface area contributed by atoms with Gasteiger partial charge in [0.1, 0.15) is 6.10 Å². The Morgan fingerprint density at radius 2 is 1.68 bits per heavy atom. The summed E-state index contributed by atoms with van der Waals surface area (Å²) in [6, 6.07) is 17.0. The largest absolute Gasteiger partial charge is 0.367 e. The number of aryl methyl sites for hydroxylation is 2. The lowest BCUT2D eigenvalue weighted by Crippen LogP contribution is -2.20. The number of halogens is 1. The minimum Gasteiger partial charge on any atom is -0.367 e. The molecule has 1 unspecified atom stereocenters. The highest BCUT2D eigenvalue weighted by atomic mass is 35.5. The minimum atomic E-state index is 0. The van der Waals surface area contributed by atoms with Crippen molar-refractivity contribution in [2.24, 2.45) is 0 Å². The highest BCUT2D eigenvalue weighted by Crippen LogP contribution is 2.29. The zero-order chi connectivity index (χ0) is 15.2. The maximum Gasteiger partial charge on any atom is 0.108 e. The smallest absolute Gasteiger partial charge is 0.108 e. The van der Waals surface area contributed by atoms with Crippen LogP contribution in [0.5, 0.6) is 0 Å². The summed E-state index contributed by atoms with van der Waals surface area (Å²) in [5.41, 5.74) is 5.02. The van der Waals surface area contributed by atoms with Crippen molar-refractivity contribution in [1.29, 1.82) is 0 Å². The molecule has 0 radical (unpaired) electrons. The first-order valence-corrected chi connectivity index (χ1v) is 7.46. The standard InChI is InChI=1S/C19H25NO.ClH/c1-15-10-11-16(2)18(14-15)19(21-13-12-20(3)4)17-8-6-5-7-9-17;/h5-11,14,19H,12-13H2,1-4H3;1H. The molecular formula is C19H26ClNO. The van der Waals surface area contributed by atoms with Crippen molar-refractivity contribution in [3.05, 3.63) is 70.8 Å². The van der Waals surface area contributed by atoms with Crippen LogP contribution in [0, 0.1) is 13.8 Å². The fraction of sp³-hybridized carbons (Fsp3) is 0.368. The number of benzene rings is 2. The molecule has 1 atom stereocenters. The summed E-state index contributed by atoms with van der Waals surface area (Å²) in [5, 5.41) is 0. The lowest BCUT2D eigenvalue weighted by Gasteiger charge is -2.22. The van der Waals surface area contributed by atoms with Gasteiger partial charge in [0.05, 0.1) is 6.61 Å². The van der Waals surface area contributed by atoms with Gasteiger partial charge in [-0.25, -0.2) is 0 Å². The third-order valence-electron chi connectivity index (χ3n) is 3.64. The van der Waals surface area contributed by atoms with Crippen LogP contribution in [-0.4, -0.2) is 32.1 Å². The Kier molecular flexibility index (Phi) is 7.60. The van der Waals surface area contributed by atoms with Gasteiger partial charge in [0.2, 0.25) is 0 Å². The second-order valence-corrected chi connectivity index (χ2v) is 5.82. The molecule has 0 N–H and O–H groups in total. The summed E-state index contributed by atoms with van der Waals surface area (Å²) in [6.07, 6.45) is 0.00560. The number of hydrogen-bond donors (Lipinski definition) is 0. The van der Waals surface area contributed by atoms with E-state index in [0.717, 1.165) is 13.2 Å². The van der Waals surface area contributed by atoms with Gasteiger partial charge in [0.15, 0.2) is 0 Å².